The number of benzene rings is 4. The van der Waals surface area contributed by atoms with Gasteiger partial charge in [-0.05, 0) is 44.8 Å². The van der Waals surface area contributed by atoms with Gasteiger partial charge >= 0.3 is 0 Å². The highest BCUT2D eigenvalue weighted by atomic mass is 14.1. The van der Waals surface area contributed by atoms with Crippen LogP contribution in [-0.2, 0) is 0 Å². The highest BCUT2D eigenvalue weighted by Gasteiger charge is 2.06. The van der Waals surface area contributed by atoms with Crippen molar-refractivity contribution >= 4 is 32.3 Å². The van der Waals surface area contributed by atoms with Crippen molar-refractivity contribution in [1.82, 2.24) is 0 Å². The summed E-state index contributed by atoms with van der Waals surface area (Å²) >= 11 is 0. The van der Waals surface area contributed by atoms with E-state index in [0.717, 1.165) is 0 Å². The van der Waals surface area contributed by atoms with Crippen molar-refractivity contribution in [3.8, 4) is 0 Å². The number of hydrogen-bond donors (Lipinski definition) is 0. The van der Waals surface area contributed by atoms with Gasteiger partial charge in [-0.2, -0.15) is 0 Å². The van der Waals surface area contributed by atoms with Crippen LogP contribution in [0.2, 0.25) is 0 Å². The predicted molar refractivity (Wildman–Crippen MR) is 95.0 cm³/mol. The molecule has 0 aliphatic heterocycles. The number of rotatable bonds is 0. The first-order valence-corrected chi connectivity index (χ1v) is 7.64. The van der Waals surface area contributed by atoms with Gasteiger partial charge in [-0.15, -0.1) is 0 Å². The average molecular weight is 272 g/mol. The van der Waals surface area contributed by atoms with E-state index in [0.29, 0.717) is 0 Å². The van der Waals surface area contributed by atoms with Gasteiger partial charge in [0.05, 0.1) is 0 Å². The summed E-state index contributed by atoms with van der Waals surface area (Å²) in [5, 5.41) is 8.06. The standard InChI is InChI=1S/C19H14.C2H6/c1-13-12-19-16-8-3-2-6-14(16)10-11-18(19)17-9-5-4-7-15(13)17;1-2/h2-12H,1H3;1-2H3. The largest absolute Gasteiger partial charge is 0.0683 e. The summed E-state index contributed by atoms with van der Waals surface area (Å²) in [4.78, 5) is 0. The van der Waals surface area contributed by atoms with E-state index < -0.39 is 0 Å². The summed E-state index contributed by atoms with van der Waals surface area (Å²) in [5.41, 5.74) is 1.35. The van der Waals surface area contributed by atoms with E-state index in [9.17, 15) is 0 Å². The Morgan fingerprint density at radius 1 is 0.524 bits per heavy atom. The lowest BCUT2D eigenvalue weighted by Crippen LogP contribution is -1.83. The van der Waals surface area contributed by atoms with Gasteiger partial charge in [0, 0.05) is 0 Å². The van der Waals surface area contributed by atoms with Crippen molar-refractivity contribution in [3.05, 3.63) is 72.3 Å². The highest BCUT2D eigenvalue weighted by molar-refractivity contribution is 6.17. The molecule has 0 saturated heterocycles. The minimum atomic E-state index is 1.31. The molecule has 0 bridgehead atoms. The first-order valence-electron chi connectivity index (χ1n) is 7.64. The van der Waals surface area contributed by atoms with Crippen LogP contribution in [0.3, 0.4) is 0 Å². The summed E-state index contributed by atoms with van der Waals surface area (Å²) in [6.45, 7) is 6.20. The Balaban J connectivity index is 0.000000636. The van der Waals surface area contributed by atoms with Crippen LogP contribution in [-0.4, -0.2) is 0 Å². The van der Waals surface area contributed by atoms with Crippen LogP contribution in [0.4, 0.5) is 0 Å². The van der Waals surface area contributed by atoms with Crippen LogP contribution in [0, 0.1) is 6.92 Å². The summed E-state index contributed by atoms with van der Waals surface area (Å²) in [6, 6.07) is 24.1. The van der Waals surface area contributed by atoms with Crippen molar-refractivity contribution in [2.75, 3.05) is 0 Å². The quantitative estimate of drug-likeness (QED) is 0.321. The first-order chi connectivity index (χ1) is 10.3. The third kappa shape index (κ3) is 2.17. The fraction of sp³-hybridized carbons (Fsp3) is 0.143. The highest BCUT2D eigenvalue weighted by Crippen LogP contribution is 2.32. The van der Waals surface area contributed by atoms with Crippen LogP contribution < -0.4 is 0 Å². The molecule has 0 aromatic heterocycles. The molecule has 0 fully saturated rings. The van der Waals surface area contributed by atoms with Crippen LogP contribution in [0.15, 0.2) is 66.7 Å². The van der Waals surface area contributed by atoms with Crippen molar-refractivity contribution in [2.45, 2.75) is 20.8 Å². The molecule has 21 heavy (non-hydrogen) atoms. The van der Waals surface area contributed by atoms with Crippen molar-refractivity contribution in [1.29, 1.82) is 0 Å². The van der Waals surface area contributed by atoms with Crippen LogP contribution >= 0.6 is 0 Å². The van der Waals surface area contributed by atoms with Gasteiger partial charge in [0.1, 0.15) is 0 Å². The van der Waals surface area contributed by atoms with E-state index in [-0.39, 0.29) is 0 Å². The summed E-state index contributed by atoms with van der Waals surface area (Å²) in [6.07, 6.45) is 0. The lowest BCUT2D eigenvalue weighted by Gasteiger charge is -2.10. The SMILES string of the molecule is CC.Cc1cc2c3ccccc3ccc2c2ccccc12. The fourth-order valence-electron chi connectivity index (χ4n) is 3.04. The van der Waals surface area contributed by atoms with E-state index in [2.05, 4.69) is 73.7 Å². The summed E-state index contributed by atoms with van der Waals surface area (Å²) in [5.74, 6) is 0. The van der Waals surface area contributed by atoms with Gasteiger partial charge in [0.2, 0.25) is 0 Å². The minimum absolute atomic E-state index is 1.31. The Hall–Kier alpha value is -2.34. The Bertz CT molecular complexity index is 917. The monoisotopic (exact) mass is 272 g/mol. The third-order valence-corrected chi connectivity index (χ3v) is 3.97. The van der Waals surface area contributed by atoms with Crippen molar-refractivity contribution < 1.29 is 0 Å². The fourth-order valence-corrected chi connectivity index (χ4v) is 3.04. The zero-order chi connectivity index (χ0) is 14.8. The van der Waals surface area contributed by atoms with Crippen LogP contribution in [0.1, 0.15) is 19.4 Å². The molecule has 0 unspecified atom stereocenters. The van der Waals surface area contributed by atoms with Gasteiger partial charge in [0.15, 0.2) is 0 Å². The Labute approximate surface area is 126 Å². The van der Waals surface area contributed by atoms with Gasteiger partial charge < -0.3 is 0 Å². The molecular formula is C21H20. The molecule has 0 spiro atoms. The van der Waals surface area contributed by atoms with Gasteiger partial charge in [-0.1, -0.05) is 80.6 Å². The molecule has 0 heterocycles. The van der Waals surface area contributed by atoms with Gasteiger partial charge in [0.25, 0.3) is 0 Å². The lowest BCUT2D eigenvalue weighted by atomic mass is 9.94. The molecule has 0 radical (unpaired) electrons. The Morgan fingerprint density at radius 3 is 1.86 bits per heavy atom. The van der Waals surface area contributed by atoms with E-state index in [1.165, 1.54) is 37.9 Å². The van der Waals surface area contributed by atoms with E-state index >= 15 is 0 Å². The Morgan fingerprint density at radius 2 is 1.10 bits per heavy atom. The van der Waals surface area contributed by atoms with Crippen LogP contribution in [0.25, 0.3) is 32.3 Å². The molecule has 4 rings (SSSR count). The number of fused-ring (bicyclic) bond motifs is 5. The number of hydrogen-bond acceptors (Lipinski definition) is 0. The van der Waals surface area contributed by atoms with E-state index in [4.69, 9.17) is 0 Å². The molecule has 0 aliphatic rings. The molecule has 0 heteroatoms. The maximum Gasteiger partial charge on any atom is -0.00963 e. The smallest absolute Gasteiger partial charge is 0.00963 e. The zero-order valence-corrected chi connectivity index (χ0v) is 12.9. The van der Waals surface area contributed by atoms with Crippen molar-refractivity contribution in [3.63, 3.8) is 0 Å². The van der Waals surface area contributed by atoms with Crippen LogP contribution in [0.5, 0.6) is 0 Å². The molecule has 0 aliphatic carbocycles. The minimum Gasteiger partial charge on any atom is -0.0683 e. The normalized spacial score (nSPS) is 10.6. The Kier molecular flexibility index (Phi) is 3.62. The molecule has 4 aromatic rings. The molecule has 4 aromatic carbocycles. The molecule has 0 atom stereocenters. The van der Waals surface area contributed by atoms with Gasteiger partial charge in [-0.3, -0.25) is 0 Å². The second-order valence-electron chi connectivity index (χ2n) is 5.12. The molecule has 104 valence electrons. The first kappa shape index (κ1) is 13.6. The maximum absolute atomic E-state index is 2.32. The average Bonchev–Trinajstić information content (AvgIpc) is 2.57. The lowest BCUT2D eigenvalue weighted by molar-refractivity contribution is 1.50. The second-order valence-corrected chi connectivity index (χ2v) is 5.12. The second kappa shape index (κ2) is 5.57. The molecule has 0 saturated carbocycles. The summed E-state index contributed by atoms with van der Waals surface area (Å²) < 4.78 is 0. The van der Waals surface area contributed by atoms with E-state index in [1.54, 1.807) is 0 Å². The molecular weight excluding hydrogens is 252 g/mol. The number of aryl methyl sites for hydroxylation is 1. The molecule has 0 nitrogen and oxygen atoms in total. The predicted octanol–water partition coefficient (Wildman–Crippen LogP) is 6.48. The summed E-state index contributed by atoms with van der Waals surface area (Å²) in [7, 11) is 0. The molecule has 0 N–H and O–H groups in total. The zero-order valence-electron chi connectivity index (χ0n) is 12.9. The topological polar surface area (TPSA) is 0 Å². The maximum atomic E-state index is 2.32. The van der Waals surface area contributed by atoms with E-state index in [1.807, 2.05) is 13.8 Å². The third-order valence-electron chi connectivity index (χ3n) is 3.97. The van der Waals surface area contributed by atoms with Crippen molar-refractivity contribution in [2.24, 2.45) is 0 Å². The van der Waals surface area contributed by atoms with Gasteiger partial charge in [-0.25, -0.2) is 0 Å². The molecule has 0 amide bonds.